The summed E-state index contributed by atoms with van der Waals surface area (Å²) in [4.78, 5) is 13.9. The highest BCUT2D eigenvalue weighted by Gasteiger charge is 2.22. The maximum atomic E-state index is 12.4. The lowest BCUT2D eigenvalue weighted by molar-refractivity contribution is -0.113. The molecule has 1 N–H and O–H groups in total. The Labute approximate surface area is 187 Å². The van der Waals surface area contributed by atoms with Crippen LogP contribution in [0.2, 0.25) is 10.0 Å². The predicted octanol–water partition coefficient (Wildman–Crippen LogP) is 5.94. The Hall–Kier alpha value is -1.54. The number of hydrogen-bond donors (Lipinski definition) is 1. The largest absolute Gasteiger partial charge is 0.324 e. The molecule has 1 aliphatic rings. The number of thioether (sulfide) groups is 1. The standard InChI is InChI=1S/C20H20Cl2N4OS2/c1-2-26-19(14-10-28-17-6-4-3-5-13(14)17)24-25-20(26)29-11-18(27)23-16-9-12(21)7-8-15(16)22/h7-10H,2-6,11H2,1H3,(H,23,27). The smallest absolute Gasteiger partial charge is 0.234 e. The van der Waals surface area contributed by atoms with E-state index in [1.54, 1.807) is 18.2 Å². The first-order valence-electron chi connectivity index (χ1n) is 9.47. The van der Waals surface area contributed by atoms with Gasteiger partial charge in [-0.05, 0) is 56.4 Å². The molecule has 0 saturated heterocycles. The van der Waals surface area contributed by atoms with Gasteiger partial charge >= 0.3 is 0 Å². The lowest BCUT2D eigenvalue weighted by atomic mass is 9.96. The van der Waals surface area contributed by atoms with Crippen LogP contribution in [0.3, 0.4) is 0 Å². The monoisotopic (exact) mass is 466 g/mol. The fourth-order valence-electron chi connectivity index (χ4n) is 3.47. The van der Waals surface area contributed by atoms with Crippen LogP contribution in [0.4, 0.5) is 5.69 Å². The number of hydrogen-bond acceptors (Lipinski definition) is 5. The van der Waals surface area contributed by atoms with Gasteiger partial charge in [-0.1, -0.05) is 35.0 Å². The second-order valence-corrected chi connectivity index (χ2v) is 9.52. The van der Waals surface area contributed by atoms with Gasteiger partial charge in [-0.3, -0.25) is 4.79 Å². The number of anilines is 1. The summed E-state index contributed by atoms with van der Waals surface area (Å²) in [5, 5.41) is 15.5. The molecule has 152 valence electrons. The summed E-state index contributed by atoms with van der Waals surface area (Å²) in [5.41, 5.74) is 3.13. The fourth-order valence-corrected chi connectivity index (χ4v) is 5.73. The highest BCUT2D eigenvalue weighted by molar-refractivity contribution is 7.99. The Morgan fingerprint density at radius 2 is 2.10 bits per heavy atom. The second-order valence-electron chi connectivity index (χ2n) is 6.77. The van der Waals surface area contributed by atoms with Crippen molar-refractivity contribution in [2.24, 2.45) is 0 Å². The minimum atomic E-state index is -0.167. The molecule has 0 spiro atoms. The minimum absolute atomic E-state index is 0.167. The number of benzene rings is 1. The van der Waals surface area contributed by atoms with Crippen molar-refractivity contribution in [3.63, 3.8) is 0 Å². The summed E-state index contributed by atoms with van der Waals surface area (Å²) < 4.78 is 2.08. The molecule has 1 aromatic carbocycles. The number of halogens is 2. The van der Waals surface area contributed by atoms with Gasteiger partial charge in [0.15, 0.2) is 11.0 Å². The van der Waals surface area contributed by atoms with Crippen molar-refractivity contribution in [1.29, 1.82) is 0 Å². The van der Waals surface area contributed by atoms with Gasteiger partial charge in [-0.2, -0.15) is 0 Å². The van der Waals surface area contributed by atoms with Crippen molar-refractivity contribution >= 4 is 57.9 Å². The third-order valence-electron chi connectivity index (χ3n) is 4.87. The van der Waals surface area contributed by atoms with Gasteiger partial charge in [0.25, 0.3) is 0 Å². The number of thiophene rings is 1. The van der Waals surface area contributed by atoms with Crippen LogP contribution in [-0.4, -0.2) is 26.4 Å². The Balaban J connectivity index is 1.48. The fraction of sp³-hybridized carbons (Fsp3) is 0.350. The first-order valence-corrected chi connectivity index (χ1v) is 12.1. The van der Waals surface area contributed by atoms with Gasteiger partial charge in [0.1, 0.15) is 0 Å². The van der Waals surface area contributed by atoms with Gasteiger partial charge in [0.05, 0.1) is 16.5 Å². The molecule has 0 unspecified atom stereocenters. The van der Waals surface area contributed by atoms with Crippen molar-refractivity contribution in [2.45, 2.75) is 44.3 Å². The summed E-state index contributed by atoms with van der Waals surface area (Å²) in [6.07, 6.45) is 4.76. The Morgan fingerprint density at radius 3 is 2.93 bits per heavy atom. The van der Waals surface area contributed by atoms with Crippen LogP contribution in [-0.2, 0) is 24.2 Å². The van der Waals surface area contributed by atoms with Crippen molar-refractivity contribution in [1.82, 2.24) is 14.8 Å². The SMILES string of the molecule is CCn1c(SCC(=O)Nc2cc(Cl)ccc2Cl)nnc1-c1csc2c1CCCC2. The zero-order valence-electron chi connectivity index (χ0n) is 15.9. The number of nitrogens with one attached hydrogen (secondary N) is 1. The number of carbonyl (C=O) groups excluding carboxylic acids is 1. The number of aromatic nitrogens is 3. The molecule has 2 aromatic heterocycles. The van der Waals surface area contributed by atoms with Gasteiger partial charge in [-0.15, -0.1) is 21.5 Å². The number of amides is 1. The van der Waals surface area contributed by atoms with E-state index in [4.69, 9.17) is 23.2 Å². The molecule has 5 nitrogen and oxygen atoms in total. The molecule has 0 radical (unpaired) electrons. The van der Waals surface area contributed by atoms with E-state index in [0.29, 0.717) is 15.7 Å². The summed E-state index contributed by atoms with van der Waals surface area (Å²) >= 11 is 15.3. The Bertz CT molecular complexity index is 1050. The summed E-state index contributed by atoms with van der Waals surface area (Å²) in [7, 11) is 0. The van der Waals surface area contributed by atoms with E-state index >= 15 is 0 Å². The average Bonchev–Trinajstić information content (AvgIpc) is 3.32. The number of fused-ring (bicyclic) bond motifs is 1. The molecule has 2 heterocycles. The molecule has 1 aliphatic carbocycles. The van der Waals surface area contributed by atoms with Gasteiger partial charge < -0.3 is 9.88 Å². The molecule has 9 heteroatoms. The van der Waals surface area contributed by atoms with Crippen LogP contribution < -0.4 is 5.32 Å². The summed E-state index contributed by atoms with van der Waals surface area (Å²) in [6.45, 7) is 2.82. The van der Waals surface area contributed by atoms with Crippen molar-refractivity contribution < 1.29 is 4.79 Å². The van der Waals surface area contributed by atoms with E-state index < -0.39 is 0 Å². The number of nitrogens with zero attached hydrogens (tertiary/aromatic N) is 3. The Kier molecular flexibility index (Phi) is 6.49. The number of carbonyl (C=O) groups is 1. The van der Waals surface area contributed by atoms with E-state index in [-0.39, 0.29) is 11.7 Å². The van der Waals surface area contributed by atoms with E-state index in [2.05, 4.69) is 32.4 Å². The second kappa shape index (κ2) is 9.08. The maximum Gasteiger partial charge on any atom is 0.234 e. The van der Waals surface area contributed by atoms with Crippen LogP contribution >= 0.6 is 46.3 Å². The molecule has 0 atom stereocenters. The topological polar surface area (TPSA) is 59.8 Å². The van der Waals surface area contributed by atoms with Crippen molar-refractivity contribution in [3.8, 4) is 11.4 Å². The minimum Gasteiger partial charge on any atom is -0.324 e. The molecule has 0 bridgehead atoms. The van der Waals surface area contributed by atoms with Crippen LogP contribution in [0, 0.1) is 0 Å². The molecular weight excluding hydrogens is 447 g/mol. The van der Waals surface area contributed by atoms with Crippen LogP contribution in [0.5, 0.6) is 0 Å². The summed E-state index contributed by atoms with van der Waals surface area (Å²) in [5.74, 6) is 0.940. The molecular formula is C20H20Cl2N4OS2. The third kappa shape index (κ3) is 4.48. The third-order valence-corrected chi connectivity index (χ3v) is 7.49. The number of rotatable bonds is 6. The van der Waals surface area contributed by atoms with Crippen molar-refractivity contribution in [2.75, 3.05) is 11.1 Å². The Morgan fingerprint density at radius 1 is 1.28 bits per heavy atom. The van der Waals surface area contributed by atoms with Gasteiger partial charge in [0, 0.05) is 27.4 Å². The molecule has 3 aromatic rings. The highest BCUT2D eigenvalue weighted by atomic mass is 35.5. The molecule has 0 saturated carbocycles. The predicted molar refractivity (Wildman–Crippen MR) is 121 cm³/mol. The molecule has 1 amide bonds. The van der Waals surface area contributed by atoms with E-state index in [9.17, 15) is 4.79 Å². The molecule has 29 heavy (non-hydrogen) atoms. The van der Waals surface area contributed by atoms with Crippen LogP contribution in [0.1, 0.15) is 30.2 Å². The van der Waals surface area contributed by atoms with Crippen LogP contribution in [0.25, 0.3) is 11.4 Å². The number of aryl methyl sites for hydroxylation is 1. The van der Waals surface area contributed by atoms with E-state index in [1.165, 1.54) is 40.6 Å². The molecule has 0 fully saturated rings. The summed E-state index contributed by atoms with van der Waals surface area (Å²) in [6, 6.07) is 4.98. The lowest BCUT2D eigenvalue weighted by Crippen LogP contribution is -2.15. The zero-order valence-corrected chi connectivity index (χ0v) is 19.0. The van der Waals surface area contributed by atoms with Crippen LogP contribution in [0.15, 0.2) is 28.7 Å². The first-order chi connectivity index (χ1) is 14.1. The maximum absolute atomic E-state index is 12.4. The van der Waals surface area contributed by atoms with Gasteiger partial charge in [-0.25, -0.2) is 0 Å². The van der Waals surface area contributed by atoms with E-state index in [1.807, 2.05) is 11.3 Å². The average molecular weight is 467 g/mol. The van der Waals surface area contributed by atoms with E-state index in [0.717, 1.165) is 30.4 Å². The lowest BCUT2D eigenvalue weighted by Gasteiger charge is -2.13. The quantitative estimate of drug-likeness (QED) is 0.456. The van der Waals surface area contributed by atoms with Gasteiger partial charge in [0.2, 0.25) is 5.91 Å². The normalized spacial score (nSPS) is 13.3. The molecule has 0 aliphatic heterocycles. The molecule has 4 rings (SSSR count). The van der Waals surface area contributed by atoms with Crippen molar-refractivity contribution in [3.05, 3.63) is 44.1 Å². The first kappa shape index (κ1) is 20.7. The zero-order chi connectivity index (χ0) is 20.4. The highest BCUT2D eigenvalue weighted by Crippen LogP contribution is 2.36.